The van der Waals surface area contributed by atoms with Crippen LogP contribution in [-0.2, 0) is 6.61 Å². The molecule has 0 aromatic heterocycles. The van der Waals surface area contributed by atoms with Crippen LogP contribution in [0.15, 0.2) is 40.9 Å². The Morgan fingerprint density at radius 1 is 1.24 bits per heavy atom. The molecule has 2 rings (SSSR count). The number of aryl methyl sites for hydroxylation is 1. The van der Waals surface area contributed by atoms with E-state index in [-0.39, 0.29) is 6.61 Å². The minimum atomic E-state index is -0.530. The zero-order valence-corrected chi connectivity index (χ0v) is 15.9. The molecule has 0 aliphatic rings. The Kier molecular flexibility index (Phi) is 6.24. The Hall–Kier alpha value is -2.29. The predicted octanol–water partition coefficient (Wildman–Crippen LogP) is 2.95. The number of ether oxygens (including phenoxy) is 2. The summed E-state index contributed by atoms with van der Waals surface area (Å²) in [7, 11) is 3.02. The molecular weight excluding hydrogens is 388 g/mol. The van der Waals surface area contributed by atoms with Crippen molar-refractivity contribution in [2.24, 2.45) is 11.7 Å². The molecule has 2 aromatic carbocycles. The lowest BCUT2D eigenvalue weighted by Crippen LogP contribution is -2.49. The van der Waals surface area contributed by atoms with Crippen LogP contribution in [0.4, 0.5) is 10.5 Å². The SMILES string of the molecule is COc1cc(OCc2c(C)cccc2N(N)C(=O)N(C)N)ccc1Br. The van der Waals surface area contributed by atoms with Gasteiger partial charge in [0, 0.05) is 18.7 Å². The molecule has 0 aliphatic carbocycles. The number of hydrazine groups is 2. The average molecular weight is 409 g/mol. The van der Waals surface area contributed by atoms with E-state index in [0.717, 1.165) is 25.6 Å². The average Bonchev–Trinajstić information content (AvgIpc) is 2.60. The number of halogens is 1. The molecule has 0 saturated heterocycles. The summed E-state index contributed by atoms with van der Waals surface area (Å²) in [4.78, 5) is 12.0. The van der Waals surface area contributed by atoms with Crippen LogP contribution in [0, 0.1) is 6.92 Å². The normalized spacial score (nSPS) is 10.3. The fraction of sp³-hybridized carbons (Fsp3) is 0.235. The quantitative estimate of drug-likeness (QED) is 0.450. The number of hydrogen-bond acceptors (Lipinski definition) is 5. The summed E-state index contributed by atoms with van der Waals surface area (Å²) in [6.07, 6.45) is 0. The zero-order chi connectivity index (χ0) is 18.6. The number of nitrogens with two attached hydrogens (primary N) is 2. The Labute approximate surface area is 155 Å². The molecule has 7 nitrogen and oxygen atoms in total. The molecule has 0 spiro atoms. The summed E-state index contributed by atoms with van der Waals surface area (Å²) in [5.74, 6) is 12.7. The summed E-state index contributed by atoms with van der Waals surface area (Å²) in [5.41, 5.74) is 2.28. The van der Waals surface area contributed by atoms with E-state index < -0.39 is 6.03 Å². The molecule has 134 valence electrons. The maximum absolute atomic E-state index is 12.0. The first kappa shape index (κ1) is 19.0. The van der Waals surface area contributed by atoms with E-state index in [0.29, 0.717) is 17.2 Å². The number of carbonyl (C=O) groups is 1. The fourth-order valence-corrected chi connectivity index (χ4v) is 2.67. The van der Waals surface area contributed by atoms with Crippen LogP contribution in [0.3, 0.4) is 0 Å². The van der Waals surface area contributed by atoms with Crippen LogP contribution in [-0.4, -0.2) is 25.2 Å². The molecule has 8 heteroatoms. The highest BCUT2D eigenvalue weighted by atomic mass is 79.9. The second-order valence-electron chi connectivity index (χ2n) is 5.42. The van der Waals surface area contributed by atoms with Crippen LogP contribution in [0.25, 0.3) is 0 Å². The zero-order valence-electron chi connectivity index (χ0n) is 14.3. The van der Waals surface area contributed by atoms with Crippen molar-refractivity contribution in [2.45, 2.75) is 13.5 Å². The maximum atomic E-state index is 12.0. The van der Waals surface area contributed by atoms with Gasteiger partial charge < -0.3 is 9.47 Å². The number of amides is 2. The van der Waals surface area contributed by atoms with Crippen molar-refractivity contribution in [3.8, 4) is 11.5 Å². The Balaban J connectivity index is 2.26. The highest BCUT2D eigenvalue weighted by Gasteiger charge is 2.19. The Bertz CT molecular complexity index is 768. The van der Waals surface area contributed by atoms with Crippen molar-refractivity contribution < 1.29 is 14.3 Å². The number of methoxy groups -OCH3 is 1. The van der Waals surface area contributed by atoms with E-state index in [1.54, 1.807) is 19.2 Å². The van der Waals surface area contributed by atoms with Gasteiger partial charge in [-0.1, -0.05) is 12.1 Å². The first-order valence-electron chi connectivity index (χ1n) is 7.47. The van der Waals surface area contributed by atoms with Crippen LogP contribution in [0.5, 0.6) is 11.5 Å². The second-order valence-corrected chi connectivity index (χ2v) is 6.28. The van der Waals surface area contributed by atoms with Crippen molar-refractivity contribution in [1.82, 2.24) is 5.01 Å². The van der Waals surface area contributed by atoms with Gasteiger partial charge in [-0.15, -0.1) is 0 Å². The number of hydrogen-bond donors (Lipinski definition) is 2. The Morgan fingerprint density at radius 3 is 2.60 bits per heavy atom. The van der Waals surface area contributed by atoms with Gasteiger partial charge in [0.1, 0.15) is 18.1 Å². The fourth-order valence-electron chi connectivity index (χ4n) is 2.26. The topological polar surface area (TPSA) is 94.0 Å². The smallest absolute Gasteiger partial charge is 0.352 e. The molecule has 0 aliphatic heterocycles. The molecule has 2 aromatic rings. The predicted molar refractivity (Wildman–Crippen MR) is 100 cm³/mol. The molecule has 0 fully saturated rings. The van der Waals surface area contributed by atoms with E-state index in [2.05, 4.69) is 15.9 Å². The second kappa shape index (κ2) is 8.19. The van der Waals surface area contributed by atoms with E-state index in [9.17, 15) is 4.79 Å². The van der Waals surface area contributed by atoms with Gasteiger partial charge in [-0.05, 0) is 46.6 Å². The third-order valence-corrected chi connectivity index (χ3v) is 4.31. The summed E-state index contributed by atoms with van der Waals surface area (Å²) >= 11 is 3.40. The molecule has 0 radical (unpaired) electrons. The lowest BCUT2D eigenvalue weighted by atomic mass is 10.1. The van der Waals surface area contributed by atoms with Gasteiger partial charge in [-0.3, -0.25) is 5.01 Å². The van der Waals surface area contributed by atoms with Gasteiger partial charge in [0.25, 0.3) is 0 Å². The van der Waals surface area contributed by atoms with Gasteiger partial charge in [0.05, 0.1) is 17.3 Å². The number of carbonyl (C=O) groups excluding carboxylic acids is 1. The molecule has 0 unspecified atom stereocenters. The minimum absolute atomic E-state index is 0.238. The summed E-state index contributed by atoms with van der Waals surface area (Å²) in [5, 5.41) is 1.93. The standard InChI is InChI=1S/C17H21BrN4O3/c1-11-5-4-6-15(22(20)17(23)21(2)19)13(11)10-25-12-7-8-14(18)16(9-12)24-3/h4-9H,10,19-20H2,1-3H3. The lowest BCUT2D eigenvalue weighted by molar-refractivity contribution is 0.216. The molecule has 0 heterocycles. The van der Waals surface area contributed by atoms with Crippen molar-refractivity contribution in [2.75, 3.05) is 19.2 Å². The molecular formula is C17H21BrN4O3. The van der Waals surface area contributed by atoms with E-state index in [1.165, 1.54) is 7.05 Å². The molecule has 25 heavy (non-hydrogen) atoms. The van der Waals surface area contributed by atoms with Crippen molar-refractivity contribution in [3.63, 3.8) is 0 Å². The van der Waals surface area contributed by atoms with Crippen molar-refractivity contribution in [3.05, 3.63) is 52.0 Å². The largest absolute Gasteiger partial charge is 0.495 e. The van der Waals surface area contributed by atoms with E-state index >= 15 is 0 Å². The molecule has 2 amide bonds. The molecule has 0 saturated carbocycles. The van der Waals surface area contributed by atoms with Crippen molar-refractivity contribution >= 4 is 27.6 Å². The number of rotatable bonds is 5. The Morgan fingerprint density at radius 2 is 1.96 bits per heavy atom. The van der Waals surface area contributed by atoms with Gasteiger partial charge in [0.15, 0.2) is 0 Å². The van der Waals surface area contributed by atoms with Crippen LogP contribution >= 0.6 is 15.9 Å². The highest BCUT2D eigenvalue weighted by Crippen LogP contribution is 2.30. The van der Waals surface area contributed by atoms with Crippen LogP contribution in [0.2, 0.25) is 0 Å². The first-order valence-corrected chi connectivity index (χ1v) is 8.26. The molecule has 4 N–H and O–H groups in total. The number of anilines is 1. The van der Waals surface area contributed by atoms with Gasteiger partial charge in [0.2, 0.25) is 0 Å². The summed E-state index contributed by atoms with van der Waals surface area (Å²) in [6, 6.07) is 10.4. The summed E-state index contributed by atoms with van der Waals surface area (Å²) < 4.78 is 12.0. The van der Waals surface area contributed by atoms with Crippen LogP contribution < -0.4 is 26.2 Å². The third kappa shape index (κ3) is 4.41. The van der Waals surface area contributed by atoms with Gasteiger partial charge in [-0.2, -0.15) is 0 Å². The van der Waals surface area contributed by atoms with E-state index in [4.69, 9.17) is 21.2 Å². The first-order chi connectivity index (χ1) is 11.8. The number of urea groups is 1. The number of benzene rings is 2. The van der Waals surface area contributed by atoms with Gasteiger partial charge >= 0.3 is 6.03 Å². The monoisotopic (exact) mass is 408 g/mol. The number of nitrogens with zero attached hydrogens (tertiary/aromatic N) is 2. The summed E-state index contributed by atoms with van der Waals surface area (Å²) in [6.45, 7) is 2.16. The molecule has 0 atom stereocenters. The third-order valence-electron chi connectivity index (χ3n) is 3.66. The maximum Gasteiger partial charge on any atom is 0.352 e. The van der Waals surface area contributed by atoms with Gasteiger partial charge in [-0.25, -0.2) is 21.5 Å². The van der Waals surface area contributed by atoms with Crippen LogP contribution in [0.1, 0.15) is 11.1 Å². The van der Waals surface area contributed by atoms with Crippen molar-refractivity contribution in [1.29, 1.82) is 0 Å². The highest BCUT2D eigenvalue weighted by molar-refractivity contribution is 9.10. The molecule has 0 bridgehead atoms. The minimum Gasteiger partial charge on any atom is -0.495 e. The lowest BCUT2D eigenvalue weighted by Gasteiger charge is -2.24. The van der Waals surface area contributed by atoms with E-state index in [1.807, 2.05) is 31.2 Å².